The zero-order valence-electron chi connectivity index (χ0n) is 14.4. The van der Waals surface area contributed by atoms with Gasteiger partial charge in [-0.2, -0.15) is 18.2 Å². The zero-order chi connectivity index (χ0) is 19.8. The lowest BCUT2D eigenvalue weighted by molar-refractivity contribution is -0.186. The molecule has 2 aliphatic rings. The van der Waals surface area contributed by atoms with Crippen LogP contribution in [0.15, 0.2) is 12.1 Å². The number of nitrogens with zero attached hydrogens (tertiary/aromatic N) is 3. The van der Waals surface area contributed by atoms with E-state index in [1.54, 1.807) is 6.07 Å². The van der Waals surface area contributed by atoms with Crippen molar-refractivity contribution in [1.29, 1.82) is 0 Å². The molecular weight excluding hydrogens is 369 g/mol. The van der Waals surface area contributed by atoms with Crippen LogP contribution in [0.3, 0.4) is 0 Å². The van der Waals surface area contributed by atoms with Gasteiger partial charge in [-0.3, -0.25) is 14.4 Å². The molecule has 0 aliphatic carbocycles. The largest absolute Gasteiger partial charge is 0.481 e. The van der Waals surface area contributed by atoms with Crippen LogP contribution in [-0.4, -0.2) is 60.0 Å². The summed E-state index contributed by atoms with van der Waals surface area (Å²) in [5, 5.41) is 2.54. The predicted octanol–water partition coefficient (Wildman–Crippen LogP) is 1.32. The molecule has 0 spiro atoms. The van der Waals surface area contributed by atoms with Crippen molar-refractivity contribution in [3.8, 4) is 5.88 Å². The Hall–Kier alpha value is -2.85. The molecule has 0 bridgehead atoms. The molecule has 1 aromatic heterocycles. The quantitative estimate of drug-likeness (QED) is 0.774. The first-order valence-electron chi connectivity index (χ1n) is 8.23. The van der Waals surface area contributed by atoms with Gasteiger partial charge in [-0.15, -0.1) is 0 Å². The molecule has 146 valence electrons. The van der Waals surface area contributed by atoms with Crippen LogP contribution in [0, 0.1) is 0 Å². The topological polar surface area (TPSA) is 91.8 Å². The number of halogens is 3. The van der Waals surface area contributed by atoms with E-state index in [0.717, 1.165) is 4.90 Å². The van der Waals surface area contributed by atoms with E-state index < -0.39 is 36.4 Å². The molecule has 11 heteroatoms. The fraction of sp³-hybridized carbons (Fsp3) is 0.500. The average Bonchev–Trinajstić information content (AvgIpc) is 2.74. The number of methoxy groups -OCH3 is 1. The Bertz CT molecular complexity index is 775. The monoisotopic (exact) mass is 386 g/mol. The number of carbonyl (C=O) groups excluding carboxylic acids is 3. The molecule has 3 rings (SSSR count). The summed E-state index contributed by atoms with van der Waals surface area (Å²) in [5.74, 6) is -2.49. The van der Waals surface area contributed by atoms with Gasteiger partial charge in [0.25, 0.3) is 0 Å². The highest BCUT2D eigenvalue weighted by Gasteiger charge is 2.44. The molecule has 1 saturated heterocycles. The van der Waals surface area contributed by atoms with Crippen molar-refractivity contribution >= 4 is 29.2 Å². The Morgan fingerprint density at radius 3 is 2.52 bits per heavy atom. The van der Waals surface area contributed by atoms with E-state index in [2.05, 4.69) is 10.3 Å². The molecule has 3 amide bonds. The van der Waals surface area contributed by atoms with Crippen LogP contribution in [-0.2, 0) is 14.4 Å². The Balaban J connectivity index is 1.83. The lowest BCUT2D eigenvalue weighted by atomic mass is 10.0. The fourth-order valence-corrected chi connectivity index (χ4v) is 3.27. The third-order valence-corrected chi connectivity index (χ3v) is 4.51. The summed E-state index contributed by atoms with van der Waals surface area (Å²) in [6.45, 7) is -0.264. The third kappa shape index (κ3) is 3.81. The molecule has 27 heavy (non-hydrogen) atoms. The number of ether oxygens (including phenoxy) is 1. The van der Waals surface area contributed by atoms with Crippen LogP contribution in [0.4, 0.5) is 24.7 Å². The van der Waals surface area contributed by atoms with Gasteiger partial charge in [-0.05, 0) is 18.9 Å². The van der Waals surface area contributed by atoms with Crippen molar-refractivity contribution in [2.24, 2.45) is 0 Å². The Morgan fingerprint density at radius 2 is 1.93 bits per heavy atom. The predicted molar refractivity (Wildman–Crippen MR) is 87.2 cm³/mol. The number of amides is 3. The fourth-order valence-electron chi connectivity index (χ4n) is 3.27. The smallest absolute Gasteiger partial charge is 0.471 e. The van der Waals surface area contributed by atoms with Crippen molar-refractivity contribution in [3.05, 3.63) is 12.1 Å². The first kappa shape index (κ1) is 18.9. The molecular formula is C16H17F3N4O4. The second-order valence-electron chi connectivity index (χ2n) is 6.23. The van der Waals surface area contributed by atoms with Gasteiger partial charge in [-0.25, -0.2) is 0 Å². The van der Waals surface area contributed by atoms with Crippen LogP contribution in [0.25, 0.3) is 0 Å². The average molecular weight is 386 g/mol. The van der Waals surface area contributed by atoms with E-state index in [0.29, 0.717) is 5.69 Å². The highest BCUT2D eigenvalue weighted by molar-refractivity contribution is 6.14. The standard InChI is InChI=1S/C16H17F3N4O4/c1-27-12-3-2-10-14(21-12)20-11(24)8-13(25)23(10)9-4-6-22(7-5-9)15(26)16(17,18)19/h2-3,9H,4-8H2,1H3,(H,20,21,24). The number of carbonyl (C=O) groups is 3. The number of fused-ring (bicyclic) bond motifs is 1. The van der Waals surface area contributed by atoms with Crippen LogP contribution in [0.2, 0.25) is 0 Å². The summed E-state index contributed by atoms with van der Waals surface area (Å²) >= 11 is 0. The number of nitrogens with one attached hydrogen (secondary N) is 1. The third-order valence-electron chi connectivity index (χ3n) is 4.51. The van der Waals surface area contributed by atoms with E-state index >= 15 is 0 Å². The van der Waals surface area contributed by atoms with Crippen LogP contribution < -0.4 is 15.0 Å². The minimum absolute atomic E-state index is 0.132. The number of hydrogen-bond donors (Lipinski definition) is 1. The lowest BCUT2D eigenvalue weighted by Crippen LogP contribution is -2.51. The summed E-state index contributed by atoms with van der Waals surface area (Å²) in [4.78, 5) is 42.1. The molecule has 0 saturated carbocycles. The van der Waals surface area contributed by atoms with E-state index in [9.17, 15) is 27.6 Å². The van der Waals surface area contributed by atoms with E-state index in [-0.39, 0.29) is 37.6 Å². The van der Waals surface area contributed by atoms with E-state index in [1.165, 1.54) is 18.1 Å². The summed E-state index contributed by atoms with van der Waals surface area (Å²) in [5.41, 5.74) is 0.354. The molecule has 0 atom stereocenters. The van der Waals surface area contributed by atoms with Crippen LogP contribution >= 0.6 is 0 Å². The first-order valence-corrected chi connectivity index (χ1v) is 8.23. The van der Waals surface area contributed by atoms with Gasteiger partial charge in [0.2, 0.25) is 17.7 Å². The second kappa shape index (κ2) is 7.05. The van der Waals surface area contributed by atoms with Crippen LogP contribution in [0.1, 0.15) is 19.3 Å². The van der Waals surface area contributed by atoms with Crippen molar-refractivity contribution < 1.29 is 32.3 Å². The highest BCUT2D eigenvalue weighted by atomic mass is 19.4. The van der Waals surface area contributed by atoms with E-state index in [1.807, 2.05) is 0 Å². The van der Waals surface area contributed by atoms with Gasteiger partial charge < -0.3 is 19.9 Å². The van der Waals surface area contributed by atoms with Crippen molar-refractivity contribution in [3.63, 3.8) is 0 Å². The first-order chi connectivity index (χ1) is 12.7. The molecule has 2 aliphatic heterocycles. The summed E-state index contributed by atoms with van der Waals surface area (Å²) < 4.78 is 42.8. The van der Waals surface area contributed by atoms with Gasteiger partial charge in [0.1, 0.15) is 6.42 Å². The summed E-state index contributed by atoms with van der Waals surface area (Å²) in [6.07, 6.45) is -5.00. The number of hydrogen-bond acceptors (Lipinski definition) is 5. The molecule has 8 nitrogen and oxygen atoms in total. The number of piperidine rings is 1. The number of aromatic nitrogens is 1. The van der Waals surface area contributed by atoms with Crippen LogP contribution in [0.5, 0.6) is 5.88 Å². The van der Waals surface area contributed by atoms with Crippen molar-refractivity contribution in [2.45, 2.75) is 31.5 Å². The number of likely N-dealkylation sites (tertiary alicyclic amines) is 1. The van der Waals surface area contributed by atoms with Gasteiger partial charge in [-0.1, -0.05) is 0 Å². The number of rotatable bonds is 2. The Morgan fingerprint density at radius 1 is 1.26 bits per heavy atom. The Labute approximate surface area is 152 Å². The van der Waals surface area contributed by atoms with Gasteiger partial charge in [0.15, 0.2) is 5.82 Å². The van der Waals surface area contributed by atoms with Gasteiger partial charge >= 0.3 is 12.1 Å². The molecule has 1 fully saturated rings. The second-order valence-corrected chi connectivity index (χ2v) is 6.23. The molecule has 0 aromatic carbocycles. The van der Waals surface area contributed by atoms with Gasteiger partial charge in [0, 0.05) is 25.2 Å². The number of pyridine rings is 1. The molecule has 0 radical (unpaired) electrons. The van der Waals surface area contributed by atoms with E-state index in [4.69, 9.17) is 4.74 Å². The minimum Gasteiger partial charge on any atom is -0.481 e. The Kier molecular flexibility index (Phi) is 4.94. The summed E-state index contributed by atoms with van der Waals surface area (Å²) in [6, 6.07) is 2.65. The minimum atomic E-state index is -4.92. The lowest BCUT2D eigenvalue weighted by Gasteiger charge is -2.38. The highest BCUT2D eigenvalue weighted by Crippen LogP contribution is 2.34. The molecule has 3 heterocycles. The van der Waals surface area contributed by atoms with Gasteiger partial charge in [0.05, 0.1) is 12.8 Å². The normalized spacial score (nSPS) is 18.7. The SMILES string of the molecule is COc1ccc2c(n1)NC(=O)CC(=O)N2C1CCN(C(=O)C(F)(F)F)CC1. The molecule has 1 N–H and O–H groups in total. The van der Waals surface area contributed by atoms with Crippen molar-refractivity contribution in [2.75, 3.05) is 30.4 Å². The van der Waals surface area contributed by atoms with Crippen molar-refractivity contribution in [1.82, 2.24) is 9.88 Å². The molecule has 0 unspecified atom stereocenters. The molecule has 1 aromatic rings. The summed E-state index contributed by atoms with van der Waals surface area (Å²) in [7, 11) is 1.41. The zero-order valence-corrected chi connectivity index (χ0v) is 14.4. The number of alkyl halides is 3. The maximum absolute atomic E-state index is 12.6. The number of anilines is 2. The maximum Gasteiger partial charge on any atom is 0.471 e. The maximum atomic E-state index is 12.6.